The standard InChI is InChI=1S/C48H30N4O2.C22H14Br2N2.C13H10BNO3/c1-3-9-44-42(7-1)51-47(53-44)37-23-15-33(16-24-37)31-11-19-35(20-12-31)40-27-28-41(39-6-5-29-49-30-39)50-46(40)36-21-13-32(14-22-36)34-17-25-38(26-18-34)48-52-43-8-2-4-10-45(43)54-48;23-18-7-3-15(4-8-18)20-11-12-21(17-2-1-13-25-14-17)26-22(20)16-5-9-19(24)10-6-16;16-14(17)10-7-5-9(6-8-10)13-15-11-3-1-2-4-12(11)18-13/h1-30H;1-14H;1-8,16-17H. The highest BCUT2D eigenvalue weighted by atomic mass is 79.9. The third-order valence-corrected chi connectivity index (χ3v) is 17.7. The maximum Gasteiger partial charge on any atom is 0.488 e. The summed E-state index contributed by atoms with van der Waals surface area (Å²) in [6.45, 7) is 0. The molecule has 15 heteroatoms. The minimum atomic E-state index is -1.46. The number of nitrogens with zero attached hydrogens (tertiary/aromatic N) is 7. The first-order valence-corrected chi connectivity index (χ1v) is 33.1. The van der Waals surface area contributed by atoms with Crippen LogP contribution in [-0.2, 0) is 0 Å². The Hall–Kier alpha value is -11.8. The Kier molecular flexibility index (Phi) is 17.9. The van der Waals surface area contributed by atoms with E-state index in [2.05, 4.69) is 215 Å². The second kappa shape index (κ2) is 28.2. The van der Waals surface area contributed by atoms with E-state index in [1.807, 2.05) is 122 Å². The number of pyridine rings is 4. The summed E-state index contributed by atoms with van der Waals surface area (Å²) in [7, 11) is -1.46. The van der Waals surface area contributed by atoms with Gasteiger partial charge in [0, 0.05) is 83.8 Å². The first-order chi connectivity index (χ1) is 48.2. The van der Waals surface area contributed by atoms with E-state index in [-0.39, 0.29) is 0 Å². The van der Waals surface area contributed by atoms with Crippen LogP contribution in [0.2, 0.25) is 0 Å². The van der Waals surface area contributed by atoms with Gasteiger partial charge in [0.05, 0.1) is 22.8 Å². The zero-order valence-electron chi connectivity index (χ0n) is 52.1. The molecule has 0 amide bonds. The molecule has 17 rings (SSSR count). The van der Waals surface area contributed by atoms with E-state index in [0.717, 1.165) is 148 Å². The zero-order valence-corrected chi connectivity index (χ0v) is 55.3. The van der Waals surface area contributed by atoms with Gasteiger partial charge in [-0.2, -0.15) is 0 Å². The van der Waals surface area contributed by atoms with Gasteiger partial charge in [0.15, 0.2) is 16.7 Å². The van der Waals surface area contributed by atoms with Gasteiger partial charge in [-0.1, -0.05) is 190 Å². The summed E-state index contributed by atoms with van der Waals surface area (Å²) >= 11 is 7.01. The molecule has 0 bridgehead atoms. The van der Waals surface area contributed by atoms with E-state index in [9.17, 15) is 0 Å². The van der Waals surface area contributed by atoms with Crippen molar-refractivity contribution < 1.29 is 23.3 Å². The van der Waals surface area contributed by atoms with Crippen molar-refractivity contribution in [3.05, 3.63) is 325 Å². The van der Waals surface area contributed by atoms with Crippen LogP contribution < -0.4 is 5.46 Å². The molecule has 7 heterocycles. The topological polar surface area (TPSA) is 170 Å². The molecule has 0 fully saturated rings. The molecule has 0 aliphatic carbocycles. The lowest BCUT2D eigenvalue weighted by atomic mass is 9.80. The van der Waals surface area contributed by atoms with Gasteiger partial charge in [0.25, 0.3) is 0 Å². The Labute approximate surface area is 580 Å². The molecule has 10 aromatic carbocycles. The van der Waals surface area contributed by atoms with Crippen LogP contribution in [0, 0.1) is 0 Å². The summed E-state index contributed by atoms with van der Waals surface area (Å²) in [6, 6.07) is 96.8. The van der Waals surface area contributed by atoms with Gasteiger partial charge in [-0.25, -0.2) is 24.9 Å². The number of para-hydroxylation sites is 6. The van der Waals surface area contributed by atoms with E-state index >= 15 is 0 Å². The van der Waals surface area contributed by atoms with Crippen molar-refractivity contribution in [2.24, 2.45) is 0 Å². The van der Waals surface area contributed by atoms with E-state index in [1.54, 1.807) is 36.7 Å². The SMILES string of the molecule is Brc1ccc(-c2ccc(-c3cccnc3)nc2-c2ccc(Br)cc2)cc1.OB(O)c1ccc(-c2nc3ccccc3o2)cc1.c1cncc(-c2ccc(-c3ccc(-c4ccc(-c5nc6ccccc6o5)cc4)cc3)c(-c3ccc(-c4ccc(-c5nc6ccccc6o5)cc4)cc3)n2)c1. The molecule has 17 aromatic rings. The average Bonchev–Trinajstić information content (AvgIpc) is 1.40. The van der Waals surface area contributed by atoms with Crippen LogP contribution in [0.5, 0.6) is 0 Å². The van der Waals surface area contributed by atoms with Crippen molar-refractivity contribution in [3.8, 4) is 124 Å². The molecule has 0 spiro atoms. The molecule has 12 nitrogen and oxygen atoms in total. The van der Waals surface area contributed by atoms with Gasteiger partial charge in [-0.15, -0.1) is 0 Å². The first kappa shape index (κ1) is 62.3. The maximum absolute atomic E-state index is 9.02. The molecule has 0 saturated carbocycles. The van der Waals surface area contributed by atoms with Crippen molar-refractivity contribution in [2.75, 3.05) is 0 Å². The quantitative estimate of drug-likeness (QED) is 0.111. The Morgan fingerprint density at radius 2 is 0.571 bits per heavy atom. The predicted octanol–water partition coefficient (Wildman–Crippen LogP) is 20.6. The highest BCUT2D eigenvalue weighted by molar-refractivity contribution is 9.10. The Morgan fingerprint density at radius 1 is 0.265 bits per heavy atom. The summed E-state index contributed by atoms with van der Waals surface area (Å²) in [5.41, 5.74) is 24.5. The lowest BCUT2D eigenvalue weighted by Crippen LogP contribution is -2.29. The Bertz CT molecular complexity index is 5490. The smallest absolute Gasteiger partial charge is 0.436 e. The van der Waals surface area contributed by atoms with Crippen molar-refractivity contribution in [1.29, 1.82) is 0 Å². The molecule has 0 aliphatic heterocycles. The average molecular weight is 1400 g/mol. The molecule has 468 valence electrons. The normalized spacial score (nSPS) is 11.1. The van der Waals surface area contributed by atoms with Crippen molar-refractivity contribution >= 4 is 77.7 Å². The van der Waals surface area contributed by atoms with Crippen LogP contribution in [0.25, 0.3) is 157 Å². The van der Waals surface area contributed by atoms with Gasteiger partial charge in [-0.05, 0) is 172 Å². The summed E-state index contributed by atoms with van der Waals surface area (Å²) in [6.07, 6.45) is 7.24. The van der Waals surface area contributed by atoms with Gasteiger partial charge < -0.3 is 23.3 Å². The van der Waals surface area contributed by atoms with Crippen LogP contribution in [0.4, 0.5) is 0 Å². The van der Waals surface area contributed by atoms with Gasteiger partial charge in [0.2, 0.25) is 17.7 Å². The Morgan fingerprint density at radius 3 is 0.908 bits per heavy atom. The second-order valence-corrected chi connectivity index (χ2v) is 24.8. The summed E-state index contributed by atoms with van der Waals surface area (Å²) in [5, 5.41) is 18.0. The molecular formula is C83H54BBr2N7O5. The maximum atomic E-state index is 9.02. The van der Waals surface area contributed by atoms with Crippen LogP contribution in [0.15, 0.2) is 338 Å². The predicted molar refractivity (Wildman–Crippen MR) is 398 cm³/mol. The summed E-state index contributed by atoms with van der Waals surface area (Å²) in [5.74, 6) is 1.76. The van der Waals surface area contributed by atoms with Gasteiger partial charge in [-0.3, -0.25) is 9.97 Å². The summed E-state index contributed by atoms with van der Waals surface area (Å²) in [4.78, 5) is 32.4. The number of rotatable bonds is 12. The van der Waals surface area contributed by atoms with Gasteiger partial charge >= 0.3 is 7.12 Å². The largest absolute Gasteiger partial charge is 0.488 e. The van der Waals surface area contributed by atoms with Crippen molar-refractivity contribution in [2.45, 2.75) is 0 Å². The molecule has 0 saturated heterocycles. The van der Waals surface area contributed by atoms with Crippen LogP contribution in [0.3, 0.4) is 0 Å². The fourth-order valence-corrected chi connectivity index (χ4v) is 12.0. The Balaban J connectivity index is 0.000000146. The number of aromatic nitrogens is 7. The third-order valence-electron chi connectivity index (χ3n) is 16.6. The minimum Gasteiger partial charge on any atom is -0.436 e. The van der Waals surface area contributed by atoms with E-state index in [1.165, 1.54) is 0 Å². The molecule has 0 atom stereocenters. The fraction of sp³-hybridized carbons (Fsp3) is 0. The number of hydrogen-bond donors (Lipinski definition) is 2. The second-order valence-electron chi connectivity index (χ2n) is 22.9. The van der Waals surface area contributed by atoms with Crippen LogP contribution in [-0.4, -0.2) is 52.1 Å². The first-order valence-electron chi connectivity index (χ1n) is 31.5. The minimum absolute atomic E-state index is 0.440. The molecule has 2 N–H and O–H groups in total. The van der Waals surface area contributed by atoms with Crippen LogP contribution in [0.1, 0.15) is 0 Å². The number of halogens is 2. The zero-order chi connectivity index (χ0) is 66.3. The van der Waals surface area contributed by atoms with E-state index < -0.39 is 7.12 Å². The van der Waals surface area contributed by atoms with E-state index in [0.29, 0.717) is 23.1 Å². The number of hydrogen-bond acceptors (Lipinski definition) is 12. The van der Waals surface area contributed by atoms with E-state index in [4.69, 9.17) is 33.3 Å². The monoisotopic (exact) mass is 1400 g/mol. The molecular weight excluding hydrogens is 1350 g/mol. The van der Waals surface area contributed by atoms with Gasteiger partial charge in [0.1, 0.15) is 16.6 Å². The molecule has 0 radical (unpaired) electrons. The molecule has 98 heavy (non-hydrogen) atoms. The highest BCUT2D eigenvalue weighted by Gasteiger charge is 2.18. The third kappa shape index (κ3) is 13.8. The molecule has 0 unspecified atom stereocenters. The number of fused-ring (bicyclic) bond motifs is 3. The number of oxazole rings is 3. The summed E-state index contributed by atoms with van der Waals surface area (Å²) < 4.78 is 19.7. The van der Waals surface area contributed by atoms with Crippen LogP contribution >= 0.6 is 31.9 Å². The molecule has 0 aliphatic rings. The highest BCUT2D eigenvalue weighted by Crippen LogP contribution is 2.38. The van der Waals surface area contributed by atoms with Crippen molar-refractivity contribution in [3.63, 3.8) is 0 Å². The lowest BCUT2D eigenvalue weighted by molar-refractivity contribution is 0.426. The lowest BCUT2D eigenvalue weighted by Gasteiger charge is -2.13. The van der Waals surface area contributed by atoms with Crippen molar-refractivity contribution in [1.82, 2.24) is 34.9 Å². The molecule has 7 aromatic heterocycles. The number of benzene rings is 10. The fourth-order valence-electron chi connectivity index (χ4n) is 11.5.